The predicted octanol–water partition coefficient (Wildman–Crippen LogP) is 3.01. The summed E-state index contributed by atoms with van der Waals surface area (Å²) in [4.78, 5) is 29.8. The number of aromatic amines is 1. The highest BCUT2D eigenvalue weighted by molar-refractivity contribution is 7.99. The topological polar surface area (TPSA) is 74.8 Å². The number of hydrogen-bond acceptors (Lipinski definition) is 4. The van der Waals surface area contributed by atoms with Gasteiger partial charge in [0.2, 0.25) is 5.91 Å². The van der Waals surface area contributed by atoms with Gasteiger partial charge in [-0.05, 0) is 24.0 Å². The van der Waals surface area contributed by atoms with Gasteiger partial charge in [0.1, 0.15) is 0 Å². The van der Waals surface area contributed by atoms with Gasteiger partial charge >= 0.3 is 0 Å². The van der Waals surface area contributed by atoms with Gasteiger partial charge < -0.3 is 10.3 Å². The molecule has 0 aliphatic heterocycles. The van der Waals surface area contributed by atoms with E-state index in [0.29, 0.717) is 11.1 Å². The number of thioether (sulfide) groups is 1. The Kier molecular flexibility index (Phi) is 5.77. The lowest BCUT2D eigenvalue weighted by Crippen LogP contribution is -2.16. The van der Waals surface area contributed by atoms with E-state index in [1.807, 2.05) is 24.3 Å². The molecule has 0 radical (unpaired) electrons. The summed E-state index contributed by atoms with van der Waals surface area (Å²) in [6.45, 7) is 4.26. The zero-order valence-corrected chi connectivity index (χ0v) is 13.4. The molecular formula is C16H19N3O2S. The third-order valence-electron chi connectivity index (χ3n) is 3.37. The highest BCUT2D eigenvalue weighted by Crippen LogP contribution is 2.26. The van der Waals surface area contributed by atoms with Crippen LogP contribution in [0.25, 0.3) is 0 Å². The van der Waals surface area contributed by atoms with Crippen LogP contribution in [0.15, 0.2) is 46.5 Å². The molecule has 0 aliphatic carbocycles. The molecule has 116 valence electrons. The lowest BCUT2D eigenvalue weighted by atomic mass is 9.97. The molecule has 2 N–H and O–H groups in total. The van der Waals surface area contributed by atoms with Gasteiger partial charge in [0.05, 0.1) is 5.75 Å². The summed E-state index contributed by atoms with van der Waals surface area (Å²) in [5.41, 5.74) is 1.76. The zero-order chi connectivity index (χ0) is 15.9. The highest BCUT2D eigenvalue weighted by Gasteiger charge is 2.11. The van der Waals surface area contributed by atoms with Crippen LogP contribution in [0.4, 0.5) is 5.69 Å². The van der Waals surface area contributed by atoms with Gasteiger partial charge in [0.15, 0.2) is 5.16 Å². The normalized spacial score (nSPS) is 11.9. The van der Waals surface area contributed by atoms with Crippen molar-refractivity contribution >= 4 is 23.4 Å². The van der Waals surface area contributed by atoms with E-state index in [0.717, 1.165) is 17.7 Å². The molecule has 6 heteroatoms. The molecule has 22 heavy (non-hydrogen) atoms. The molecule has 1 heterocycles. The first kappa shape index (κ1) is 16.3. The minimum atomic E-state index is -0.222. The van der Waals surface area contributed by atoms with E-state index in [1.54, 1.807) is 0 Å². The Labute approximate surface area is 133 Å². The fourth-order valence-corrected chi connectivity index (χ4v) is 2.65. The van der Waals surface area contributed by atoms with Crippen molar-refractivity contribution in [2.24, 2.45) is 0 Å². The summed E-state index contributed by atoms with van der Waals surface area (Å²) < 4.78 is 0. The number of nitrogens with one attached hydrogen (secondary N) is 2. The van der Waals surface area contributed by atoms with Crippen molar-refractivity contribution in [3.63, 3.8) is 0 Å². The van der Waals surface area contributed by atoms with Crippen LogP contribution in [0.2, 0.25) is 0 Å². The Hall–Kier alpha value is -2.08. The Morgan fingerprint density at radius 3 is 2.86 bits per heavy atom. The van der Waals surface area contributed by atoms with Gasteiger partial charge in [-0.15, -0.1) is 0 Å². The van der Waals surface area contributed by atoms with Crippen LogP contribution in [0.5, 0.6) is 0 Å². The van der Waals surface area contributed by atoms with Gasteiger partial charge in [-0.1, -0.05) is 43.8 Å². The lowest BCUT2D eigenvalue weighted by Gasteiger charge is -2.15. The van der Waals surface area contributed by atoms with Crippen LogP contribution in [0, 0.1) is 0 Å². The smallest absolute Gasteiger partial charge is 0.251 e. The van der Waals surface area contributed by atoms with Crippen LogP contribution in [0.3, 0.4) is 0 Å². The number of carbonyl (C=O) groups excluding carboxylic acids is 1. The molecule has 1 aromatic heterocycles. The van der Waals surface area contributed by atoms with Crippen molar-refractivity contribution in [3.8, 4) is 0 Å². The standard InChI is InChI=1S/C16H19N3O2S/c1-3-11(2)12-6-4-5-7-13(12)18-15(21)10-22-16-17-9-8-14(20)19-16/h4-9,11H,3,10H2,1-2H3,(H,18,21)(H,17,19,20)/t11-/m0/s1. The van der Waals surface area contributed by atoms with Gasteiger partial charge in [0, 0.05) is 18.0 Å². The van der Waals surface area contributed by atoms with Crippen molar-refractivity contribution in [2.75, 3.05) is 11.1 Å². The largest absolute Gasteiger partial charge is 0.325 e. The number of rotatable bonds is 6. The van der Waals surface area contributed by atoms with Crippen LogP contribution >= 0.6 is 11.8 Å². The number of anilines is 1. The first-order chi connectivity index (χ1) is 10.6. The van der Waals surface area contributed by atoms with E-state index in [-0.39, 0.29) is 17.2 Å². The number of nitrogens with zero attached hydrogens (tertiary/aromatic N) is 1. The summed E-state index contributed by atoms with van der Waals surface area (Å²) in [6.07, 6.45) is 2.44. The van der Waals surface area contributed by atoms with Crippen LogP contribution < -0.4 is 10.9 Å². The van der Waals surface area contributed by atoms with Crippen molar-refractivity contribution < 1.29 is 4.79 Å². The third-order valence-corrected chi connectivity index (χ3v) is 4.25. The second-order valence-corrected chi connectivity index (χ2v) is 5.94. The number of amides is 1. The number of carbonyl (C=O) groups is 1. The van der Waals surface area contributed by atoms with Crippen molar-refractivity contribution in [1.82, 2.24) is 9.97 Å². The molecule has 2 aromatic rings. The zero-order valence-electron chi connectivity index (χ0n) is 12.6. The summed E-state index contributed by atoms with van der Waals surface area (Å²) >= 11 is 1.20. The van der Waals surface area contributed by atoms with Crippen LogP contribution in [-0.2, 0) is 4.79 Å². The molecule has 0 saturated heterocycles. The van der Waals surface area contributed by atoms with Crippen LogP contribution in [0.1, 0.15) is 31.7 Å². The number of benzene rings is 1. The molecule has 0 fully saturated rings. The van der Waals surface area contributed by atoms with Crippen LogP contribution in [-0.4, -0.2) is 21.6 Å². The van der Waals surface area contributed by atoms with Crippen molar-refractivity contribution in [2.45, 2.75) is 31.3 Å². The molecule has 2 rings (SSSR count). The molecule has 0 saturated carbocycles. The lowest BCUT2D eigenvalue weighted by molar-refractivity contribution is -0.113. The van der Waals surface area contributed by atoms with E-state index in [9.17, 15) is 9.59 Å². The fourth-order valence-electron chi connectivity index (χ4n) is 2.01. The summed E-state index contributed by atoms with van der Waals surface area (Å²) in [5, 5.41) is 3.37. The Morgan fingerprint density at radius 1 is 1.36 bits per heavy atom. The Bertz CT molecular complexity index is 700. The molecule has 0 bridgehead atoms. The summed E-state index contributed by atoms with van der Waals surface area (Å²) in [5.74, 6) is 0.463. The summed E-state index contributed by atoms with van der Waals surface area (Å²) in [7, 11) is 0. The Balaban J connectivity index is 1.99. The molecular weight excluding hydrogens is 298 g/mol. The molecule has 1 aromatic carbocycles. The maximum atomic E-state index is 12.1. The quantitative estimate of drug-likeness (QED) is 0.634. The van der Waals surface area contributed by atoms with Crippen molar-refractivity contribution in [3.05, 3.63) is 52.4 Å². The maximum Gasteiger partial charge on any atom is 0.251 e. The number of para-hydroxylation sites is 1. The average Bonchev–Trinajstić information content (AvgIpc) is 2.53. The highest BCUT2D eigenvalue weighted by atomic mass is 32.2. The molecule has 1 atom stereocenters. The van der Waals surface area contributed by atoms with E-state index in [1.165, 1.54) is 24.0 Å². The van der Waals surface area contributed by atoms with E-state index in [4.69, 9.17) is 0 Å². The van der Waals surface area contributed by atoms with E-state index < -0.39 is 0 Å². The molecule has 0 aliphatic rings. The minimum Gasteiger partial charge on any atom is -0.325 e. The number of H-pyrrole nitrogens is 1. The minimum absolute atomic E-state index is 0.118. The first-order valence-electron chi connectivity index (χ1n) is 7.17. The van der Waals surface area contributed by atoms with Crippen molar-refractivity contribution in [1.29, 1.82) is 0 Å². The molecule has 0 unspecified atom stereocenters. The average molecular weight is 317 g/mol. The van der Waals surface area contributed by atoms with Gasteiger partial charge in [0.25, 0.3) is 5.56 Å². The molecule has 1 amide bonds. The maximum absolute atomic E-state index is 12.1. The first-order valence-corrected chi connectivity index (χ1v) is 8.15. The number of hydrogen-bond donors (Lipinski definition) is 2. The van der Waals surface area contributed by atoms with Gasteiger partial charge in [-0.25, -0.2) is 4.98 Å². The monoisotopic (exact) mass is 317 g/mol. The van der Waals surface area contributed by atoms with E-state index >= 15 is 0 Å². The SMILES string of the molecule is CC[C@H](C)c1ccccc1NC(=O)CSc1nccc(=O)[nH]1. The predicted molar refractivity (Wildman–Crippen MR) is 89.4 cm³/mol. The number of aromatic nitrogens is 2. The summed E-state index contributed by atoms with van der Waals surface area (Å²) in [6, 6.07) is 9.17. The fraction of sp³-hybridized carbons (Fsp3) is 0.312. The van der Waals surface area contributed by atoms with Gasteiger partial charge in [-0.2, -0.15) is 0 Å². The van der Waals surface area contributed by atoms with E-state index in [2.05, 4.69) is 29.1 Å². The molecule has 5 nitrogen and oxygen atoms in total. The third kappa shape index (κ3) is 4.46. The van der Waals surface area contributed by atoms with Gasteiger partial charge in [-0.3, -0.25) is 9.59 Å². The second-order valence-electron chi connectivity index (χ2n) is 4.97. The second kappa shape index (κ2) is 7.79. The Morgan fingerprint density at radius 2 is 2.14 bits per heavy atom. The molecule has 0 spiro atoms.